The van der Waals surface area contributed by atoms with Crippen molar-refractivity contribution in [1.82, 2.24) is 15.1 Å². The second-order valence-electron chi connectivity index (χ2n) is 7.94. The van der Waals surface area contributed by atoms with Gasteiger partial charge in [-0.1, -0.05) is 30.2 Å². The van der Waals surface area contributed by atoms with Crippen LogP contribution in [0.15, 0.2) is 42.5 Å². The third-order valence-corrected chi connectivity index (χ3v) is 5.67. The standard InChI is InChI=1S/C25H26N4O3/c1-3-18-10-11-22(23(31)15-18)24-20-8-4-5-9-21(20)25(28-27-24)26-19-7-6-12-29(16-19)13-14-32-17(2)30/h1,4-5,8-11,15,19,31H,6-7,12-14,16H2,2H3,(H,26,28)/t19-/m1/s1. The summed E-state index contributed by atoms with van der Waals surface area (Å²) in [5, 5.41) is 24.8. The number of carbonyl (C=O) groups is 1. The summed E-state index contributed by atoms with van der Waals surface area (Å²) in [4.78, 5) is 13.3. The predicted molar refractivity (Wildman–Crippen MR) is 124 cm³/mol. The molecule has 0 aliphatic carbocycles. The lowest BCUT2D eigenvalue weighted by Gasteiger charge is -2.33. The molecule has 1 aliphatic heterocycles. The summed E-state index contributed by atoms with van der Waals surface area (Å²) in [6.07, 6.45) is 7.51. The van der Waals surface area contributed by atoms with Crippen LogP contribution in [-0.4, -0.2) is 58.5 Å². The topological polar surface area (TPSA) is 87.6 Å². The summed E-state index contributed by atoms with van der Waals surface area (Å²) in [6.45, 7) is 4.37. The summed E-state index contributed by atoms with van der Waals surface area (Å²) in [6, 6.07) is 13.2. The van der Waals surface area contributed by atoms with Crippen molar-refractivity contribution in [2.24, 2.45) is 0 Å². The van der Waals surface area contributed by atoms with Crippen LogP contribution in [-0.2, 0) is 9.53 Å². The zero-order chi connectivity index (χ0) is 22.5. The Morgan fingerprint density at radius 3 is 2.84 bits per heavy atom. The van der Waals surface area contributed by atoms with Gasteiger partial charge < -0.3 is 15.2 Å². The number of aromatic hydroxyl groups is 1. The molecule has 32 heavy (non-hydrogen) atoms. The van der Waals surface area contributed by atoms with E-state index in [9.17, 15) is 9.90 Å². The van der Waals surface area contributed by atoms with Crippen molar-refractivity contribution in [3.05, 3.63) is 48.0 Å². The highest BCUT2D eigenvalue weighted by atomic mass is 16.5. The fourth-order valence-corrected chi connectivity index (χ4v) is 4.12. The van der Waals surface area contributed by atoms with Gasteiger partial charge in [0.25, 0.3) is 0 Å². The molecule has 0 unspecified atom stereocenters. The Morgan fingerprint density at radius 1 is 1.28 bits per heavy atom. The van der Waals surface area contributed by atoms with Crippen molar-refractivity contribution in [3.63, 3.8) is 0 Å². The average molecular weight is 431 g/mol. The largest absolute Gasteiger partial charge is 0.507 e. The first-order chi connectivity index (χ1) is 15.5. The Morgan fingerprint density at radius 2 is 2.09 bits per heavy atom. The van der Waals surface area contributed by atoms with E-state index in [2.05, 4.69) is 26.3 Å². The number of esters is 1. The van der Waals surface area contributed by atoms with Gasteiger partial charge >= 0.3 is 5.97 Å². The normalized spacial score (nSPS) is 16.4. The number of hydrogen-bond acceptors (Lipinski definition) is 7. The van der Waals surface area contributed by atoms with Crippen molar-refractivity contribution in [1.29, 1.82) is 0 Å². The maximum Gasteiger partial charge on any atom is 0.302 e. The van der Waals surface area contributed by atoms with Gasteiger partial charge in [-0.15, -0.1) is 16.6 Å². The van der Waals surface area contributed by atoms with E-state index >= 15 is 0 Å². The Balaban J connectivity index is 1.57. The maximum atomic E-state index is 11.0. The minimum Gasteiger partial charge on any atom is -0.507 e. The number of nitrogens with one attached hydrogen (secondary N) is 1. The first-order valence-corrected chi connectivity index (χ1v) is 10.7. The number of ether oxygens (including phenoxy) is 1. The van der Waals surface area contributed by atoms with Crippen LogP contribution in [0.3, 0.4) is 0 Å². The number of fused-ring (bicyclic) bond motifs is 1. The number of nitrogens with zero attached hydrogens (tertiary/aromatic N) is 3. The van der Waals surface area contributed by atoms with E-state index in [1.54, 1.807) is 18.2 Å². The number of phenols is 1. The fourth-order valence-electron chi connectivity index (χ4n) is 4.12. The molecule has 0 amide bonds. The van der Waals surface area contributed by atoms with Crippen molar-refractivity contribution in [2.75, 3.05) is 31.6 Å². The first kappa shape index (κ1) is 21.6. The summed E-state index contributed by atoms with van der Waals surface area (Å²) in [5.41, 5.74) is 1.81. The molecule has 7 heteroatoms. The van der Waals surface area contributed by atoms with Crippen LogP contribution in [0, 0.1) is 12.3 Å². The fraction of sp³-hybridized carbons (Fsp3) is 0.320. The van der Waals surface area contributed by atoms with Gasteiger partial charge in [-0.2, -0.15) is 0 Å². The maximum absolute atomic E-state index is 11.0. The number of likely N-dealkylation sites (tertiary alicyclic amines) is 1. The molecule has 3 aromatic rings. The summed E-state index contributed by atoms with van der Waals surface area (Å²) < 4.78 is 5.08. The lowest BCUT2D eigenvalue weighted by Crippen LogP contribution is -2.43. The molecule has 1 fully saturated rings. The van der Waals surface area contributed by atoms with Crippen LogP contribution >= 0.6 is 0 Å². The molecule has 1 atom stereocenters. The molecule has 2 aromatic carbocycles. The smallest absolute Gasteiger partial charge is 0.302 e. The number of anilines is 1. The van der Waals surface area contributed by atoms with E-state index in [1.165, 1.54) is 6.92 Å². The van der Waals surface area contributed by atoms with E-state index in [1.807, 2.05) is 24.3 Å². The molecule has 0 radical (unpaired) electrons. The third-order valence-electron chi connectivity index (χ3n) is 5.67. The zero-order valence-corrected chi connectivity index (χ0v) is 18.0. The Labute approximate surface area is 187 Å². The molecule has 2 N–H and O–H groups in total. The number of hydrogen-bond donors (Lipinski definition) is 2. The second kappa shape index (κ2) is 9.67. The third kappa shape index (κ3) is 4.82. The number of phenolic OH excluding ortho intramolecular Hbond substituents is 1. The quantitative estimate of drug-likeness (QED) is 0.458. The highest BCUT2D eigenvalue weighted by Gasteiger charge is 2.22. The highest BCUT2D eigenvalue weighted by molar-refractivity contribution is 6.00. The molecule has 7 nitrogen and oxygen atoms in total. The van der Waals surface area contributed by atoms with E-state index in [0.29, 0.717) is 23.4 Å². The van der Waals surface area contributed by atoms with E-state index in [4.69, 9.17) is 11.2 Å². The predicted octanol–water partition coefficient (Wildman–Crippen LogP) is 3.42. The molecule has 1 aliphatic rings. The van der Waals surface area contributed by atoms with E-state index < -0.39 is 0 Å². The SMILES string of the molecule is C#Cc1ccc(-c2nnc(N[C@@H]3CCCN(CCOC(C)=O)C3)c3ccccc23)c(O)c1. The van der Waals surface area contributed by atoms with Gasteiger partial charge in [-0.05, 0) is 37.6 Å². The van der Waals surface area contributed by atoms with Crippen LogP contribution in [0.25, 0.3) is 22.0 Å². The van der Waals surface area contributed by atoms with Gasteiger partial charge in [0.2, 0.25) is 0 Å². The number of rotatable bonds is 6. The molecule has 164 valence electrons. The molecule has 2 heterocycles. The second-order valence-corrected chi connectivity index (χ2v) is 7.94. The number of carbonyl (C=O) groups excluding carboxylic acids is 1. The van der Waals surface area contributed by atoms with E-state index in [-0.39, 0.29) is 17.8 Å². The number of terminal acetylenes is 1. The van der Waals surface area contributed by atoms with Gasteiger partial charge in [0.1, 0.15) is 18.1 Å². The minimum absolute atomic E-state index is 0.0799. The van der Waals surface area contributed by atoms with Gasteiger partial charge in [-0.25, -0.2) is 0 Å². The molecular formula is C25H26N4O3. The lowest BCUT2D eigenvalue weighted by molar-refractivity contribution is -0.141. The minimum atomic E-state index is -0.251. The van der Waals surface area contributed by atoms with E-state index in [0.717, 1.165) is 49.1 Å². The van der Waals surface area contributed by atoms with Crippen molar-refractivity contribution in [3.8, 4) is 29.4 Å². The molecule has 1 saturated heterocycles. The average Bonchev–Trinajstić information content (AvgIpc) is 2.79. The van der Waals surface area contributed by atoms with Crippen molar-refractivity contribution >= 4 is 22.6 Å². The molecule has 0 bridgehead atoms. The molecule has 1 aromatic heterocycles. The molecular weight excluding hydrogens is 404 g/mol. The summed E-state index contributed by atoms with van der Waals surface area (Å²) in [5.74, 6) is 3.07. The Bertz CT molecular complexity index is 1170. The molecule has 0 saturated carbocycles. The number of aromatic nitrogens is 2. The van der Waals surface area contributed by atoms with Crippen molar-refractivity contribution < 1.29 is 14.6 Å². The number of piperidine rings is 1. The molecule has 0 spiro atoms. The van der Waals surface area contributed by atoms with Gasteiger partial charge in [0.15, 0.2) is 5.82 Å². The Kier molecular flexibility index (Phi) is 6.52. The van der Waals surface area contributed by atoms with Gasteiger partial charge in [0, 0.05) is 48.0 Å². The summed E-state index contributed by atoms with van der Waals surface area (Å²) in [7, 11) is 0. The van der Waals surface area contributed by atoms with Crippen LogP contribution in [0.1, 0.15) is 25.3 Å². The summed E-state index contributed by atoms with van der Waals surface area (Å²) >= 11 is 0. The van der Waals surface area contributed by atoms with Crippen LogP contribution in [0.4, 0.5) is 5.82 Å². The van der Waals surface area contributed by atoms with Crippen LogP contribution < -0.4 is 5.32 Å². The first-order valence-electron chi connectivity index (χ1n) is 10.7. The van der Waals surface area contributed by atoms with Crippen molar-refractivity contribution in [2.45, 2.75) is 25.8 Å². The molecule has 4 rings (SSSR count). The number of benzene rings is 2. The van der Waals surface area contributed by atoms with Gasteiger partial charge in [-0.3, -0.25) is 9.69 Å². The van der Waals surface area contributed by atoms with Crippen LogP contribution in [0.2, 0.25) is 0 Å². The van der Waals surface area contributed by atoms with Crippen LogP contribution in [0.5, 0.6) is 5.75 Å². The monoisotopic (exact) mass is 430 g/mol. The Hall–Kier alpha value is -3.63. The lowest BCUT2D eigenvalue weighted by atomic mass is 10.0. The highest BCUT2D eigenvalue weighted by Crippen LogP contribution is 2.35. The zero-order valence-electron chi connectivity index (χ0n) is 18.0. The van der Waals surface area contributed by atoms with Gasteiger partial charge in [0.05, 0.1) is 0 Å².